The molecule has 3 rings (SSSR count). The molecule has 1 heterocycles. The van der Waals surface area contributed by atoms with Crippen LogP contribution in [0.5, 0.6) is 5.75 Å². The Bertz CT molecular complexity index is 1290. The molecule has 1 saturated heterocycles. The predicted molar refractivity (Wildman–Crippen MR) is 142 cm³/mol. The molecule has 2 aromatic rings. The summed E-state index contributed by atoms with van der Waals surface area (Å²) < 4.78 is 26.1. The zero-order chi connectivity index (χ0) is 26.2. The number of hydrogen-bond donors (Lipinski definition) is 0. The van der Waals surface area contributed by atoms with Crippen molar-refractivity contribution in [1.29, 1.82) is 5.26 Å². The van der Waals surface area contributed by atoms with E-state index in [-0.39, 0.29) is 11.9 Å². The average Bonchev–Trinajstić information content (AvgIpc) is 2.87. The van der Waals surface area contributed by atoms with Gasteiger partial charge in [0.2, 0.25) is 0 Å². The van der Waals surface area contributed by atoms with Crippen LogP contribution in [0.1, 0.15) is 67.6 Å². The van der Waals surface area contributed by atoms with E-state index in [1.807, 2.05) is 57.2 Å². The second-order valence-electron chi connectivity index (χ2n) is 8.89. The molecule has 4 nitrogen and oxygen atoms in total. The van der Waals surface area contributed by atoms with Gasteiger partial charge in [0.05, 0.1) is 18.8 Å². The maximum atomic E-state index is 14.7. The Morgan fingerprint density at radius 3 is 2.44 bits per heavy atom. The molecule has 1 aliphatic heterocycles. The number of ether oxygens (including phenoxy) is 2. The van der Waals surface area contributed by atoms with Gasteiger partial charge >= 0.3 is 0 Å². The summed E-state index contributed by atoms with van der Waals surface area (Å²) in [5, 5.41) is 9.78. The van der Waals surface area contributed by atoms with E-state index in [4.69, 9.17) is 9.47 Å². The van der Waals surface area contributed by atoms with Crippen molar-refractivity contribution in [3.63, 3.8) is 0 Å². The van der Waals surface area contributed by atoms with E-state index in [1.165, 1.54) is 13.0 Å². The second-order valence-corrected chi connectivity index (χ2v) is 8.89. The minimum absolute atomic E-state index is 0.0433. The Morgan fingerprint density at radius 2 is 1.83 bits per heavy atom. The average molecular weight is 486 g/mol. The maximum absolute atomic E-state index is 14.7. The molecule has 0 saturated carbocycles. The zero-order valence-electron chi connectivity index (χ0n) is 21.4. The number of carbonyl (C=O) groups is 1. The summed E-state index contributed by atoms with van der Waals surface area (Å²) in [5.41, 5.74) is 5.32. The fourth-order valence-corrected chi connectivity index (χ4v) is 4.14. The van der Waals surface area contributed by atoms with E-state index in [0.29, 0.717) is 41.2 Å². The molecular weight excluding hydrogens is 453 g/mol. The molecule has 2 aromatic carbocycles. The van der Waals surface area contributed by atoms with Gasteiger partial charge in [0.15, 0.2) is 5.78 Å². The number of ketones is 1. The molecule has 186 valence electrons. The number of nitriles is 1. The number of benzene rings is 2. The third-order valence-corrected chi connectivity index (χ3v) is 6.28. The lowest BCUT2D eigenvalue weighted by atomic mass is 9.92. The van der Waals surface area contributed by atoms with Crippen LogP contribution in [0, 0.1) is 17.1 Å². The minimum atomic E-state index is -0.446. The number of allylic oxidation sites excluding steroid dienone is 7. The lowest BCUT2D eigenvalue weighted by Gasteiger charge is -2.24. The normalized spacial score (nSPS) is 15.4. The van der Waals surface area contributed by atoms with E-state index in [1.54, 1.807) is 12.1 Å². The summed E-state index contributed by atoms with van der Waals surface area (Å²) in [7, 11) is 0. The van der Waals surface area contributed by atoms with Gasteiger partial charge in [-0.05, 0) is 73.7 Å². The van der Waals surface area contributed by atoms with Crippen LogP contribution in [0.15, 0.2) is 72.4 Å². The molecule has 0 aromatic heterocycles. The Kier molecular flexibility index (Phi) is 9.16. The van der Waals surface area contributed by atoms with Crippen LogP contribution in [0.4, 0.5) is 4.39 Å². The fraction of sp³-hybridized carbons (Fsp3) is 0.290. The number of hydrogen-bond acceptors (Lipinski definition) is 4. The van der Waals surface area contributed by atoms with Gasteiger partial charge in [0.25, 0.3) is 0 Å². The first-order chi connectivity index (χ1) is 17.2. The molecule has 0 unspecified atom stereocenters. The van der Waals surface area contributed by atoms with Crippen molar-refractivity contribution in [3.05, 3.63) is 100 Å². The highest BCUT2D eigenvalue weighted by Gasteiger charge is 2.18. The van der Waals surface area contributed by atoms with Crippen LogP contribution >= 0.6 is 0 Å². The first kappa shape index (κ1) is 26.8. The van der Waals surface area contributed by atoms with Gasteiger partial charge in [-0.15, -0.1) is 0 Å². The summed E-state index contributed by atoms with van der Waals surface area (Å²) in [6, 6.07) is 12.4. The smallest absolute Gasteiger partial charge is 0.159 e. The Balaban J connectivity index is 1.93. The second kappa shape index (κ2) is 12.3. The van der Waals surface area contributed by atoms with Crippen molar-refractivity contribution >= 4 is 16.9 Å². The van der Waals surface area contributed by atoms with Gasteiger partial charge in [0, 0.05) is 24.0 Å². The fourth-order valence-electron chi connectivity index (χ4n) is 4.14. The monoisotopic (exact) mass is 485 g/mol. The molecule has 1 aliphatic rings. The van der Waals surface area contributed by atoms with E-state index in [2.05, 4.69) is 12.6 Å². The lowest BCUT2D eigenvalue weighted by molar-refractivity contribution is 0.0254. The Morgan fingerprint density at radius 1 is 1.14 bits per heavy atom. The van der Waals surface area contributed by atoms with Gasteiger partial charge < -0.3 is 9.47 Å². The Labute approximate surface area is 213 Å². The lowest BCUT2D eigenvalue weighted by Crippen LogP contribution is -2.26. The van der Waals surface area contributed by atoms with Crippen molar-refractivity contribution in [3.8, 4) is 11.8 Å². The molecule has 0 N–H and O–H groups in total. The summed E-state index contributed by atoms with van der Waals surface area (Å²) in [5.74, 6) is -0.0507. The van der Waals surface area contributed by atoms with E-state index >= 15 is 0 Å². The van der Waals surface area contributed by atoms with Crippen LogP contribution in [0.3, 0.4) is 0 Å². The van der Waals surface area contributed by atoms with Gasteiger partial charge in [-0.2, -0.15) is 5.26 Å². The standard InChI is InChI=1S/C31H32FNO3/c1-6-7-29(25-9-11-31(26(17-25)19-33)36-27-12-14-35-15-13-27)22(4)20(2)16-21(3)28-10-8-24(23(5)34)18-30(28)32/h6-11,16-18,27H,2,12-15H2,1,3-5H3/b7-6-,21-16+,29-22+. The van der Waals surface area contributed by atoms with Crippen molar-refractivity contribution in [1.82, 2.24) is 0 Å². The van der Waals surface area contributed by atoms with Gasteiger partial charge in [0.1, 0.15) is 23.7 Å². The zero-order valence-corrected chi connectivity index (χ0v) is 21.4. The molecule has 0 bridgehead atoms. The van der Waals surface area contributed by atoms with Crippen LogP contribution < -0.4 is 4.74 Å². The molecule has 0 aliphatic carbocycles. The largest absolute Gasteiger partial charge is 0.489 e. The maximum Gasteiger partial charge on any atom is 0.159 e. The SMILES string of the molecule is C=C(/C=C(\C)c1ccc(C(C)=O)cc1F)/C(C)=C(\C=C/C)c1ccc(OC2CCOCC2)c(C#N)c1. The number of Topliss-reactive ketones (excluding diaryl/α,β-unsaturated/α-hetero) is 1. The van der Waals surface area contributed by atoms with Crippen molar-refractivity contribution in [2.75, 3.05) is 13.2 Å². The van der Waals surface area contributed by atoms with E-state index < -0.39 is 5.82 Å². The quantitative estimate of drug-likeness (QED) is 0.287. The summed E-state index contributed by atoms with van der Waals surface area (Å²) in [6.07, 6.45) is 7.39. The summed E-state index contributed by atoms with van der Waals surface area (Å²) in [6.45, 7) is 12.7. The predicted octanol–water partition coefficient (Wildman–Crippen LogP) is 7.47. The molecular formula is C31H32FNO3. The third-order valence-electron chi connectivity index (χ3n) is 6.28. The molecule has 5 heteroatoms. The van der Waals surface area contributed by atoms with Crippen LogP contribution in [0.25, 0.3) is 11.1 Å². The van der Waals surface area contributed by atoms with Crippen molar-refractivity contribution in [2.24, 2.45) is 0 Å². The van der Waals surface area contributed by atoms with Crippen LogP contribution in [-0.4, -0.2) is 25.1 Å². The highest BCUT2D eigenvalue weighted by Crippen LogP contribution is 2.31. The molecule has 0 atom stereocenters. The highest BCUT2D eigenvalue weighted by molar-refractivity contribution is 5.94. The first-order valence-corrected chi connectivity index (χ1v) is 12.1. The van der Waals surface area contributed by atoms with Gasteiger partial charge in [-0.1, -0.05) is 43.0 Å². The number of halogens is 1. The molecule has 0 spiro atoms. The van der Waals surface area contributed by atoms with Crippen LogP contribution in [-0.2, 0) is 4.74 Å². The number of nitrogens with zero attached hydrogens (tertiary/aromatic N) is 1. The number of carbonyl (C=O) groups excluding carboxylic acids is 1. The molecule has 0 amide bonds. The summed E-state index contributed by atoms with van der Waals surface area (Å²) in [4.78, 5) is 11.5. The molecule has 0 radical (unpaired) electrons. The topological polar surface area (TPSA) is 59.3 Å². The van der Waals surface area contributed by atoms with Gasteiger partial charge in [-0.3, -0.25) is 4.79 Å². The molecule has 36 heavy (non-hydrogen) atoms. The third kappa shape index (κ3) is 6.47. The van der Waals surface area contributed by atoms with E-state index in [0.717, 1.165) is 35.1 Å². The van der Waals surface area contributed by atoms with Crippen LogP contribution in [0.2, 0.25) is 0 Å². The van der Waals surface area contributed by atoms with E-state index in [9.17, 15) is 14.4 Å². The molecule has 1 fully saturated rings. The first-order valence-electron chi connectivity index (χ1n) is 12.1. The Hall–Kier alpha value is -3.75. The van der Waals surface area contributed by atoms with Crippen molar-refractivity contribution < 1.29 is 18.7 Å². The minimum Gasteiger partial charge on any atom is -0.489 e. The van der Waals surface area contributed by atoms with Gasteiger partial charge in [-0.25, -0.2) is 4.39 Å². The number of rotatable bonds is 8. The summed E-state index contributed by atoms with van der Waals surface area (Å²) >= 11 is 0. The highest BCUT2D eigenvalue weighted by atomic mass is 19.1. The van der Waals surface area contributed by atoms with Crippen molar-refractivity contribution in [2.45, 2.75) is 46.6 Å².